The molecule has 3 heteroatoms. The maximum absolute atomic E-state index is 9.51. The number of rotatable bonds is 2. The van der Waals surface area contributed by atoms with Crippen LogP contribution in [0.2, 0.25) is 0 Å². The Morgan fingerprint density at radius 1 is 1.11 bits per heavy atom. The Kier molecular flexibility index (Phi) is 2.61. The molecule has 0 spiro atoms. The van der Waals surface area contributed by atoms with Gasteiger partial charge in [-0.25, -0.2) is 4.98 Å². The van der Waals surface area contributed by atoms with Gasteiger partial charge in [0.25, 0.3) is 0 Å². The number of nitrogens with zero attached hydrogens (tertiary/aromatic N) is 1. The summed E-state index contributed by atoms with van der Waals surface area (Å²) in [4.78, 5) is 7.39. The minimum atomic E-state index is -0.427. The van der Waals surface area contributed by atoms with Crippen molar-refractivity contribution in [1.82, 2.24) is 9.97 Å². The highest BCUT2D eigenvalue weighted by atomic mass is 16.3. The van der Waals surface area contributed by atoms with E-state index in [1.54, 1.807) is 13.1 Å². The molecule has 3 nitrogen and oxygen atoms in total. The van der Waals surface area contributed by atoms with E-state index in [1.807, 2.05) is 42.6 Å². The number of hydrogen-bond acceptors (Lipinski definition) is 2. The highest BCUT2D eigenvalue weighted by Crippen LogP contribution is 2.27. The SMILES string of the molecule is CC(O)c1ccc(-c2ccnc3[nH]ccc23)cc1. The molecule has 18 heavy (non-hydrogen) atoms. The van der Waals surface area contributed by atoms with Crippen molar-refractivity contribution in [3.8, 4) is 11.1 Å². The zero-order chi connectivity index (χ0) is 12.5. The van der Waals surface area contributed by atoms with Crippen LogP contribution in [-0.2, 0) is 0 Å². The van der Waals surface area contributed by atoms with E-state index in [4.69, 9.17) is 0 Å². The van der Waals surface area contributed by atoms with Gasteiger partial charge in [-0.15, -0.1) is 0 Å². The van der Waals surface area contributed by atoms with Crippen LogP contribution in [0.15, 0.2) is 48.8 Å². The Balaban J connectivity index is 2.11. The third-order valence-corrected chi connectivity index (χ3v) is 3.16. The van der Waals surface area contributed by atoms with Gasteiger partial charge in [-0.05, 0) is 35.7 Å². The number of benzene rings is 1. The zero-order valence-corrected chi connectivity index (χ0v) is 10.1. The second kappa shape index (κ2) is 4.27. The van der Waals surface area contributed by atoms with E-state index in [0.717, 1.165) is 27.7 Å². The van der Waals surface area contributed by atoms with E-state index in [1.165, 1.54) is 0 Å². The van der Waals surface area contributed by atoms with Crippen LogP contribution in [0.1, 0.15) is 18.6 Å². The van der Waals surface area contributed by atoms with E-state index in [0.29, 0.717) is 0 Å². The van der Waals surface area contributed by atoms with E-state index < -0.39 is 6.10 Å². The number of aromatic amines is 1. The fourth-order valence-corrected chi connectivity index (χ4v) is 2.15. The monoisotopic (exact) mass is 238 g/mol. The lowest BCUT2D eigenvalue weighted by Crippen LogP contribution is -1.90. The number of nitrogens with one attached hydrogen (secondary N) is 1. The van der Waals surface area contributed by atoms with Gasteiger partial charge in [-0.3, -0.25) is 0 Å². The summed E-state index contributed by atoms with van der Waals surface area (Å²) in [6, 6.07) is 12.0. The van der Waals surface area contributed by atoms with E-state index in [2.05, 4.69) is 9.97 Å². The van der Waals surface area contributed by atoms with Crippen molar-refractivity contribution < 1.29 is 5.11 Å². The molecule has 1 unspecified atom stereocenters. The molecule has 2 N–H and O–H groups in total. The molecule has 2 aromatic heterocycles. The van der Waals surface area contributed by atoms with Crippen molar-refractivity contribution in [2.45, 2.75) is 13.0 Å². The molecule has 0 aliphatic rings. The second-order valence-corrected chi connectivity index (χ2v) is 4.40. The summed E-state index contributed by atoms with van der Waals surface area (Å²) >= 11 is 0. The summed E-state index contributed by atoms with van der Waals surface area (Å²) in [5, 5.41) is 10.6. The van der Waals surface area contributed by atoms with E-state index in [-0.39, 0.29) is 0 Å². The first-order valence-corrected chi connectivity index (χ1v) is 5.96. The summed E-state index contributed by atoms with van der Waals surface area (Å²) in [5.41, 5.74) is 4.11. The minimum Gasteiger partial charge on any atom is -0.389 e. The molecule has 3 aromatic rings. The third kappa shape index (κ3) is 1.79. The molecule has 0 saturated carbocycles. The van der Waals surface area contributed by atoms with Crippen LogP contribution in [0.4, 0.5) is 0 Å². The number of aromatic nitrogens is 2. The molecular weight excluding hydrogens is 224 g/mol. The normalized spacial score (nSPS) is 12.8. The number of aliphatic hydroxyl groups excluding tert-OH is 1. The predicted molar refractivity (Wildman–Crippen MR) is 72.2 cm³/mol. The smallest absolute Gasteiger partial charge is 0.137 e. The Hall–Kier alpha value is -2.13. The van der Waals surface area contributed by atoms with Crippen LogP contribution in [0.25, 0.3) is 22.2 Å². The Morgan fingerprint density at radius 3 is 2.61 bits per heavy atom. The Morgan fingerprint density at radius 2 is 1.89 bits per heavy atom. The van der Waals surface area contributed by atoms with E-state index in [9.17, 15) is 5.11 Å². The van der Waals surface area contributed by atoms with Gasteiger partial charge in [-0.2, -0.15) is 0 Å². The van der Waals surface area contributed by atoms with Crippen LogP contribution >= 0.6 is 0 Å². The average molecular weight is 238 g/mol. The van der Waals surface area contributed by atoms with Crippen LogP contribution in [-0.4, -0.2) is 15.1 Å². The molecule has 0 aliphatic carbocycles. The number of H-pyrrole nitrogens is 1. The number of aliphatic hydroxyl groups is 1. The average Bonchev–Trinajstić information content (AvgIpc) is 2.87. The molecule has 90 valence electrons. The van der Waals surface area contributed by atoms with Crippen LogP contribution < -0.4 is 0 Å². The fourth-order valence-electron chi connectivity index (χ4n) is 2.15. The van der Waals surface area contributed by atoms with Crippen molar-refractivity contribution in [3.63, 3.8) is 0 Å². The van der Waals surface area contributed by atoms with Gasteiger partial charge in [0.05, 0.1) is 6.10 Å². The lowest BCUT2D eigenvalue weighted by molar-refractivity contribution is 0.199. The molecule has 0 amide bonds. The molecule has 3 rings (SSSR count). The molecular formula is C15H14N2O. The van der Waals surface area contributed by atoms with Crippen molar-refractivity contribution >= 4 is 11.0 Å². The van der Waals surface area contributed by atoms with Gasteiger partial charge in [-0.1, -0.05) is 24.3 Å². The molecule has 0 fully saturated rings. The molecule has 1 aromatic carbocycles. The van der Waals surface area contributed by atoms with Crippen molar-refractivity contribution in [1.29, 1.82) is 0 Å². The van der Waals surface area contributed by atoms with Gasteiger partial charge < -0.3 is 10.1 Å². The molecule has 0 bridgehead atoms. The van der Waals surface area contributed by atoms with Gasteiger partial charge in [0, 0.05) is 17.8 Å². The summed E-state index contributed by atoms with van der Waals surface area (Å²) < 4.78 is 0. The van der Waals surface area contributed by atoms with Gasteiger partial charge in [0.1, 0.15) is 5.65 Å². The minimum absolute atomic E-state index is 0.427. The first kappa shape index (κ1) is 11.0. The molecule has 2 heterocycles. The summed E-state index contributed by atoms with van der Waals surface area (Å²) in [6.07, 6.45) is 3.27. The van der Waals surface area contributed by atoms with E-state index >= 15 is 0 Å². The highest BCUT2D eigenvalue weighted by molar-refractivity contribution is 5.92. The Labute approximate surface area is 105 Å². The number of pyridine rings is 1. The molecule has 0 saturated heterocycles. The number of fused-ring (bicyclic) bond motifs is 1. The summed E-state index contributed by atoms with van der Waals surface area (Å²) in [7, 11) is 0. The maximum atomic E-state index is 9.51. The van der Waals surface area contributed by atoms with Crippen molar-refractivity contribution in [2.75, 3.05) is 0 Å². The second-order valence-electron chi connectivity index (χ2n) is 4.40. The number of hydrogen-bond donors (Lipinski definition) is 2. The predicted octanol–water partition coefficient (Wildman–Crippen LogP) is 3.28. The lowest BCUT2D eigenvalue weighted by atomic mass is 10.0. The van der Waals surface area contributed by atoms with Crippen LogP contribution in [0.3, 0.4) is 0 Å². The topological polar surface area (TPSA) is 48.9 Å². The summed E-state index contributed by atoms with van der Waals surface area (Å²) in [5.74, 6) is 0. The van der Waals surface area contributed by atoms with Gasteiger partial charge >= 0.3 is 0 Å². The quantitative estimate of drug-likeness (QED) is 0.719. The molecule has 0 radical (unpaired) electrons. The maximum Gasteiger partial charge on any atom is 0.137 e. The highest BCUT2D eigenvalue weighted by Gasteiger charge is 2.06. The molecule has 0 aliphatic heterocycles. The zero-order valence-electron chi connectivity index (χ0n) is 10.1. The van der Waals surface area contributed by atoms with Gasteiger partial charge in [0.2, 0.25) is 0 Å². The first-order valence-electron chi connectivity index (χ1n) is 5.96. The first-order chi connectivity index (χ1) is 8.75. The van der Waals surface area contributed by atoms with Crippen LogP contribution in [0.5, 0.6) is 0 Å². The lowest BCUT2D eigenvalue weighted by Gasteiger charge is -2.07. The Bertz CT molecular complexity index is 668. The largest absolute Gasteiger partial charge is 0.389 e. The summed E-state index contributed by atoms with van der Waals surface area (Å²) in [6.45, 7) is 1.77. The van der Waals surface area contributed by atoms with Crippen LogP contribution in [0, 0.1) is 0 Å². The fraction of sp³-hybridized carbons (Fsp3) is 0.133. The molecule has 1 atom stereocenters. The third-order valence-electron chi connectivity index (χ3n) is 3.16. The standard InChI is InChI=1S/C15H14N2O/c1-10(18)11-2-4-12(5-3-11)13-6-8-16-15-14(13)7-9-17-15/h2-10,18H,1H3,(H,16,17). The van der Waals surface area contributed by atoms with Crippen molar-refractivity contribution in [3.05, 3.63) is 54.4 Å². The van der Waals surface area contributed by atoms with Crippen molar-refractivity contribution in [2.24, 2.45) is 0 Å². The van der Waals surface area contributed by atoms with Gasteiger partial charge in [0.15, 0.2) is 0 Å².